The molecule has 4 N–H and O–H groups in total. The van der Waals surface area contributed by atoms with Crippen molar-refractivity contribution in [2.45, 2.75) is 5.41 Å². The van der Waals surface area contributed by atoms with Gasteiger partial charge in [-0.15, -0.1) is 0 Å². The van der Waals surface area contributed by atoms with Crippen molar-refractivity contribution in [3.63, 3.8) is 0 Å². The quantitative estimate of drug-likeness (QED) is 0.268. The summed E-state index contributed by atoms with van der Waals surface area (Å²) in [5.41, 5.74) is 14.7. The van der Waals surface area contributed by atoms with Crippen molar-refractivity contribution in [1.82, 2.24) is 0 Å². The van der Waals surface area contributed by atoms with E-state index in [4.69, 9.17) is 0 Å². The van der Waals surface area contributed by atoms with Crippen molar-refractivity contribution >= 4 is 22.7 Å². The van der Waals surface area contributed by atoms with Crippen LogP contribution in [0.2, 0.25) is 0 Å². The Hall–Kier alpha value is -3.92. The highest BCUT2D eigenvalue weighted by Gasteiger charge is 2.52. The highest BCUT2D eigenvalue weighted by atomic mass is 14.8. The molecule has 4 nitrogen and oxygen atoms in total. The van der Waals surface area contributed by atoms with Crippen LogP contribution in [0.4, 0.5) is 22.7 Å². The van der Waals surface area contributed by atoms with E-state index >= 15 is 0 Å². The summed E-state index contributed by atoms with van der Waals surface area (Å²) in [5, 5.41) is 13.5. The summed E-state index contributed by atoms with van der Waals surface area (Å²) in [5.74, 6) is 0. The molecule has 0 radical (unpaired) electrons. The van der Waals surface area contributed by atoms with Gasteiger partial charge in [0.1, 0.15) is 0 Å². The van der Waals surface area contributed by atoms with Gasteiger partial charge in [0, 0.05) is 50.9 Å². The fourth-order valence-electron chi connectivity index (χ4n) is 5.85. The lowest BCUT2D eigenvalue weighted by Crippen LogP contribution is -2.26. The van der Waals surface area contributed by atoms with E-state index < -0.39 is 0 Å². The molecule has 2 aliphatic carbocycles. The molecule has 0 bridgehead atoms. The predicted octanol–water partition coefficient (Wildman–Crippen LogP) is 6.20. The molecule has 0 atom stereocenters. The number of hydrogen-bond donors (Lipinski definition) is 4. The van der Waals surface area contributed by atoms with Gasteiger partial charge in [0.2, 0.25) is 0 Å². The second kappa shape index (κ2) is 7.04. The lowest BCUT2D eigenvalue weighted by molar-refractivity contribution is 0.795. The maximum atomic E-state index is 3.37. The van der Waals surface area contributed by atoms with Crippen molar-refractivity contribution in [2.75, 3.05) is 49.5 Å². The lowest BCUT2D eigenvalue weighted by atomic mass is 9.70. The van der Waals surface area contributed by atoms with E-state index in [2.05, 4.69) is 94.1 Å². The second-order valence-electron chi connectivity index (χ2n) is 8.79. The lowest BCUT2D eigenvalue weighted by Gasteiger charge is -2.31. The number of benzene rings is 4. The van der Waals surface area contributed by atoms with Crippen molar-refractivity contribution in [3.05, 3.63) is 95.1 Å². The fraction of sp³-hybridized carbons (Fsp3) is 0.172. The zero-order valence-corrected chi connectivity index (χ0v) is 19.4. The minimum Gasteiger partial charge on any atom is -0.388 e. The molecule has 0 saturated heterocycles. The zero-order valence-electron chi connectivity index (χ0n) is 19.4. The van der Waals surface area contributed by atoms with Crippen LogP contribution in [0.25, 0.3) is 22.3 Å². The molecule has 0 fully saturated rings. The van der Waals surface area contributed by atoms with Crippen LogP contribution in [0.15, 0.2) is 72.8 Å². The highest BCUT2D eigenvalue weighted by molar-refractivity contribution is 5.97. The topological polar surface area (TPSA) is 48.1 Å². The minimum absolute atomic E-state index is 0.380. The Labute approximate surface area is 195 Å². The second-order valence-corrected chi connectivity index (χ2v) is 8.79. The summed E-state index contributed by atoms with van der Waals surface area (Å²) in [4.78, 5) is 0. The predicted molar refractivity (Wildman–Crippen MR) is 141 cm³/mol. The largest absolute Gasteiger partial charge is 0.388 e. The maximum Gasteiger partial charge on any atom is 0.0728 e. The van der Waals surface area contributed by atoms with Crippen LogP contribution in [0.3, 0.4) is 0 Å². The SMILES string of the molecule is CNc1ccc2c(c1)C1(c3cc(NC)ccc3-2)c2cc(NC)ccc2-c2ccc(NC)cc21. The van der Waals surface area contributed by atoms with Gasteiger partial charge in [-0.05, 0) is 93.0 Å². The van der Waals surface area contributed by atoms with Gasteiger partial charge in [-0.3, -0.25) is 0 Å². The molecule has 164 valence electrons. The van der Waals surface area contributed by atoms with Crippen LogP contribution >= 0.6 is 0 Å². The van der Waals surface area contributed by atoms with Crippen LogP contribution in [0, 0.1) is 0 Å². The molecule has 4 aromatic rings. The van der Waals surface area contributed by atoms with E-state index in [9.17, 15) is 0 Å². The van der Waals surface area contributed by atoms with E-state index in [0.717, 1.165) is 22.7 Å². The normalized spacial score (nSPS) is 13.7. The first kappa shape index (κ1) is 19.7. The summed E-state index contributed by atoms with van der Waals surface area (Å²) < 4.78 is 0. The van der Waals surface area contributed by atoms with E-state index in [1.165, 1.54) is 44.5 Å². The molecule has 0 heterocycles. The van der Waals surface area contributed by atoms with Crippen LogP contribution in [-0.2, 0) is 5.41 Å². The van der Waals surface area contributed by atoms with Crippen LogP contribution < -0.4 is 21.3 Å². The third kappa shape index (κ3) is 2.46. The van der Waals surface area contributed by atoms with Crippen molar-refractivity contribution in [1.29, 1.82) is 0 Å². The summed E-state index contributed by atoms with van der Waals surface area (Å²) in [7, 11) is 7.96. The third-order valence-electron chi connectivity index (χ3n) is 7.43. The summed E-state index contributed by atoms with van der Waals surface area (Å²) >= 11 is 0. The summed E-state index contributed by atoms with van der Waals surface area (Å²) in [6.07, 6.45) is 0. The Bertz CT molecular complexity index is 1200. The van der Waals surface area contributed by atoms with Gasteiger partial charge in [0.15, 0.2) is 0 Å². The first-order valence-electron chi connectivity index (χ1n) is 11.5. The summed E-state index contributed by atoms with van der Waals surface area (Å²) in [6.45, 7) is 0. The monoisotopic (exact) mass is 432 g/mol. The van der Waals surface area contributed by atoms with Crippen molar-refractivity contribution in [2.24, 2.45) is 0 Å². The maximum absolute atomic E-state index is 3.37. The third-order valence-corrected chi connectivity index (χ3v) is 7.43. The molecule has 0 aliphatic heterocycles. The van der Waals surface area contributed by atoms with Gasteiger partial charge < -0.3 is 21.3 Å². The first-order valence-corrected chi connectivity index (χ1v) is 11.5. The Morgan fingerprint density at radius 1 is 0.394 bits per heavy atom. The Balaban J connectivity index is 1.82. The van der Waals surface area contributed by atoms with E-state index in [-0.39, 0.29) is 5.41 Å². The molecule has 0 amide bonds. The Morgan fingerprint density at radius 3 is 0.848 bits per heavy atom. The van der Waals surface area contributed by atoms with Gasteiger partial charge >= 0.3 is 0 Å². The molecule has 4 aromatic carbocycles. The average Bonchev–Trinajstić information content (AvgIpc) is 3.33. The van der Waals surface area contributed by atoms with E-state index in [1.54, 1.807) is 0 Å². The minimum atomic E-state index is -0.380. The fourth-order valence-corrected chi connectivity index (χ4v) is 5.85. The molecular formula is C29H28N4. The average molecular weight is 433 g/mol. The Kier molecular flexibility index (Phi) is 4.21. The smallest absolute Gasteiger partial charge is 0.0728 e. The van der Waals surface area contributed by atoms with Gasteiger partial charge in [0.05, 0.1) is 5.41 Å². The number of hydrogen-bond acceptors (Lipinski definition) is 4. The van der Waals surface area contributed by atoms with Crippen molar-refractivity contribution < 1.29 is 0 Å². The van der Waals surface area contributed by atoms with Gasteiger partial charge in [-0.25, -0.2) is 0 Å². The number of fused-ring (bicyclic) bond motifs is 10. The molecule has 2 aliphatic rings. The van der Waals surface area contributed by atoms with Gasteiger partial charge in [-0.2, -0.15) is 0 Å². The Morgan fingerprint density at radius 2 is 0.636 bits per heavy atom. The zero-order chi connectivity index (χ0) is 22.7. The molecule has 0 saturated carbocycles. The molecule has 6 rings (SSSR count). The van der Waals surface area contributed by atoms with Crippen LogP contribution in [-0.4, -0.2) is 28.2 Å². The van der Waals surface area contributed by atoms with Crippen LogP contribution in [0.5, 0.6) is 0 Å². The van der Waals surface area contributed by atoms with Gasteiger partial charge in [0.25, 0.3) is 0 Å². The number of nitrogens with one attached hydrogen (secondary N) is 4. The summed E-state index contributed by atoms with van der Waals surface area (Å²) in [6, 6.07) is 27.2. The molecule has 4 heteroatoms. The molecule has 1 spiro atoms. The highest BCUT2D eigenvalue weighted by Crippen LogP contribution is 2.64. The molecule has 0 unspecified atom stereocenters. The first-order chi connectivity index (χ1) is 16.1. The molecule has 33 heavy (non-hydrogen) atoms. The van der Waals surface area contributed by atoms with Crippen LogP contribution in [0.1, 0.15) is 22.3 Å². The van der Waals surface area contributed by atoms with E-state index in [0.29, 0.717) is 0 Å². The number of anilines is 4. The molecule has 0 aromatic heterocycles. The van der Waals surface area contributed by atoms with Crippen molar-refractivity contribution in [3.8, 4) is 22.3 Å². The number of rotatable bonds is 4. The standard InChI is InChI=1S/C29H28N4/c1-30-17-5-9-21-22-10-6-18(31-2)14-26(22)29(25(21)13-17)27-15-19(32-3)7-11-23(27)24-12-8-20(33-4)16-28(24)29/h5-16,30-33H,1-4H3. The van der Waals surface area contributed by atoms with Gasteiger partial charge in [-0.1, -0.05) is 24.3 Å². The molecular weight excluding hydrogens is 404 g/mol. The van der Waals surface area contributed by atoms with E-state index in [1.807, 2.05) is 28.2 Å².